The Morgan fingerprint density at radius 3 is 2.81 bits per heavy atom. The van der Waals surface area contributed by atoms with Gasteiger partial charge in [-0.15, -0.1) is 0 Å². The third kappa shape index (κ3) is 3.53. The van der Waals surface area contributed by atoms with E-state index in [1.165, 1.54) is 22.4 Å². The van der Waals surface area contributed by atoms with Crippen LogP contribution in [0.3, 0.4) is 0 Å². The highest BCUT2D eigenvalue weighted by Crippen LogP contribution is 2.25. The zero-order valence-corrected chi connectivity index (χ0v) is 15.5. The zero-order valence-electron chi connectivity index (χ0n) is 15.5. The van der Waals surface area contributed by atoms with Crippen molar-refractivity contribution >= 4 is 0 Å². The second-order valence-corrected chi connectivity index (χ2v) is 7.01. The molecule has 1 aromatic carbocycles. The summed E-state index contributed by atoms with van der Waals surface area (Å²) >= 11 is 0. The molecule has 0 radical (unpaired) electrons. The molecule has 0 unspecified atom stereocenters. The smallest absolute Gasteiger partial charge is 0.128 e. The molecule has 0 N–H and O–H groups in total. The normalized spacial score (nSPS) is 14.4. The van der Waals surface area contributed by atoms with Crippen LogP contribution in [0.5, 0.6) is 0 Å². The molecular weight excluding hydrogens is 322 g/mol. The number of benzene rings is 1. The van der Waals surface area contributed by atoms with Crippen LogP contribution in [-0.4, -0.2) is 31.2 Å². The first kappa shape index (κ1) is 16.9. The maximum absolute atomic E-state index is 4.76. The fourth-order valence-electron chi connectivity index (χ4n) is 3.63. The van der Waals surface area contributed by atoms with E-state index in [2.05, 4.69) is 52.4 Å². The van der Waals surface area contributed by atoms with Crippen molar-refractivity contribution in [3.8, 4) is 11.3 Å². The third-order valence-corrected chi connectivity index (χ3v) is 4.88. The topological polar surface area (TPSA) is 46.8 Å². The molecule has 5 nitrogen and oxygen atoms in total. The lowest BCUT2D eigenvalue weighted by Crippen LogP contribution is -2.31. The summed E-state index contributed by atoms with van der Waals surface area (Å²) in [4.78, 5) is 11.8. The van der Waals surface area contributed by atoms with Gasteiger partial charge in [-0.3, -0.25) is 9.58 Å². The van der Waals surface area contributed by atoms with Gasteiger partial charge in [-0.1, -0.05) is 37.3 Å². The highest BCUT2D eigenvalue weighted by Gasteiger charge is 2.20. The lowest BCUT2D eigenvalue weighted by atomic mass is 10.0. The molecule has 5 heteroatoms. The molecule has 0 fully saturated rings. The lowest BCUT2D eigenvalue weighted by molar-refractivity contribution is 0.243. The molecule has 1 aliphatic rings. The minimum atomic E-state index is 0.897. The van der Waals surface area contributed by atoms with Crippen LogP contribution in [0, 0.1) is 0 Å². The van der Waals surface area contributed by atoms with Crippen LogP contribution in [0.1, 0.15) is 36.0 Å². The SMILES string of the molecule is CCCc1ncc2c(n1)CCN(Cc1cn(C)nc1-c1ccccc1)C2. The molecule has 1 aliphatic heterocycles. The molecule has 0 saturated carbocycles. The van der Waals surface area contributed by atoms with Gasteiger partial charge in [-0.25, -0.2) is 9.97 Å². The predicted octanol–water partition coefficient (Wildman–Crippen LogP) is 3.39. The second kappa shape index (κ2) is 7.38. The van der Waals surface area contributed by atoms with E-state index in [-0.39, 0.29) is 0 Å². The number of fused-ring (bicyclic) bond motifs is 1. The molecular formula is C21H25N5. The van der Waals surface area contributed by atoms with Crippen LogP contribution in [0.2, 0.25) is 0 Å². The standard InChI is InChI=1S/C21H25N5/c1-3-7-20-22-12-17-14-26(11-10-19(17)23-20)15-18-13-25(2)24-21(18)16-8-5-4-6-9-16/h4-6,8-9,12-13H,3,7,10-11,14-15H2,1-2H3. The summed E-state index contributed by atoms with van der Waals surface area (Å²) < 4.78 is 1.91. The number of hydrogen-bond acceptors (Lipinski definition) is 4. The molecule has 134 valence electrons. The van der Waals surface area contributed by atoms with Gasteiger partial charge in [0, 0.05) is 74.3 Å². The van der Waals surface area contributed by atoms with Crippen LogP contribution in [-0.2, 0) is 33.0 Å². The van der Waals surface area contributed by atoms with Gasteiger partial charge in [0.2, 0.25) is 0 Å². The Hall–Kier alpha value is -2.53. The molecule has 0 saturated heterocycles. The summed E-state index contributed by atoms with van der Waals surface area (Å²) in [5, 5.41) is 4.69. The van der Waals surface area contributed by atoms with Crippen molar-refractivity contribution in [2.45, 2.75) is 39.3 Å². The molecule has 3 heterocycles. The molecule has 0 aliphatic carbocycles. The van der Waals surface area contributed by atoms with Crippen molar-refractivity contribution in [3.05, 3.63) is 65.4 Å². The molecule has 0 atom stereocenters. The van der Waals surface area contributed by atoms with Gasteiger partial charge in [-0.2, -0.15) is 5.10 Å². The van der Waals surface area contributed by atoms with Crippen LogP contribution in [0.4, 0.5) is 0 Å². The molecule has 4 rings (SSSR count). The summed E-state index contributed by atoms with van der Waals surface area (Å²) in [5.41, 5.74) is 6.02. The van der Waals surface area contributed by atoms with Gasteiger partial charge in [0.15, 0.2) is 0 Å². The first-order valence-corrected chi connectivity index (χ1v) is 9.37. The van der Waals surface area contributed by atoms with E-state index in [1.54, 1.807) is 0 Å². The second-order valence-electron chi connectivity index (χ2n) is 7.01. The van der Waals surface area contributed by atoms with Crippen LogP contribution in [0.15, 0.2) is 42.7 Å². The first-order valence-electron chi connectivity index (χ1n) is 9.37. The van der Waals surface area contributed by atoms with Gasteiger partial charge < -0.3 is 0 Å². The fraction of sp³-hybridized carbons (Fsp3) is 0.381. The predicted molar refractivity (Wildman–Crippen MR) is 102 cm³/mol. The first-order chi connectivity index (χ1) is 12.7. The van der Waals surface area contributed by atoms with Crippen molar-refractivity contribution in [1.82, 2.24) is 24.6 Å². The van der Waals surface area contributed by atoms with E-state index in [4.69, 9.17) is 4.98 Å². The Balaban J connectivity index is 1.53. The summed E-state index contributed by atoms with van der Waals surface area (Å²) in [7, 11) is 1.99. The Morgan fingerprint density at radius 1 is 1.15 bits per heavy atom. The molecule has 0 amide bonds. The monoisotopic (exact) mass is 347 g/mol. The van der Waals surface area contributed by atoms with Gasteiger partial charge >= 0.3 is 0 Å². The van der Waals surface area contributed by atoms with E-state index in [0.717, 1.165) is 50.4 Å². The van der Waals surface area contributed by atoms with Gasteiger partial charge in [-0.05, 0) is 6.42 Å². The highest BCUT2D eigenvalue weighted by molar-refractivity contribution is 5.62. The van der Waals surface area contributed by atoms with E-state index < -0.39 is 0 Å². The summed E-state index contributed by atoms with van der Waals surface area (Å²) in [6, 6.07) is 10.4. The number of hydrogen-bond donors (Lipinski definition) is 0. The quantitative estimate of drug-likeness (QED) is 0.710. The molecule has 3 aromatic rings. The maximum Gasteiger partial charge on any atom is 0.128 e. The average molecular weight is 347 g/mol. The molecule has 0 spiro atoms. The number of aromatic nitrogens is 4. The van der Waals surface area contributed by atoms with Crippen molar-refractivity contribution in [2.24, 2.45) is 7.05 Å². The maximum atomic E-state index is 4.76. The van der Waals surface area contributed by atoms with Crippen LogP contribution < -0.4 is 0 Å². The number of aryl methyl sites for hydroxylation is 2. The Labute approximate surface area is 154 Å². The van der Waals surface area contributed by atoms with E-state index in [9.17, 15) is 0 Å². The third-order valence-electron chi connectivity index (χ3n) is 4.88. The molecule has 2 aromatic heterocycles. The average Bonchev–Trinajstić information content (AvgIpc) is 3.03. The van der Waals surface area contributed by atoms with E-state index in [0.29, 0.717) is 0 Å². The largest absolute Gasteiger partial charge is 0.294 e. The number of rotatable bonds is 5. The van der Waals surface area contributed by atoms with Gasteiger partial charge in [0.1, 0.15) is 5.82 Å². The van der Waals surface area contributed by atoms with E-state index >= 15 is 0 Å². The minimum Gasteiger partial charge on any atom is -0.294 e. The zero-order chi connectivity index (χ0) is 17.9. The highest BCUT2D eigenvalue weighted by atomic mass is 15.3. The van der Waals surface area contributed by atoms with Crippen LogP contribution in [0.25, 0.3) is 11.3 Å². The van der Waals surface area contributed by atoms with Crippen molar-refractivity contribution in [3.63, 3.8) is 0 Å². The summed E-state index contributed by atoms with van der Waals surface area (Å²) in [5.74, 6) is 0.985. The molecule has 26 heavy (non-hydrogen) atoms. The lowest BCUT2D eigenvalue weighted by Gasteiger charge is -2.28. The molecule has 0 bridgehead atoms. The van der Waals surface area contributed by atoms with Crippen LogP contribution >= 0.6 is 0 Å². The summed E-state index contributed by atoms with van der Waals surface area (Å²) in [6.07, 6.45) is 7.22. The fourth-order valence-corrected chi connectivity index (χ4v) is 3.63. The van der Waals surface area contributed by atoms with Gasteiger partial charge in [0.25, 0.3) is 0 Å². The number of nitrogens with zero attached hydrogens (tertiary/aromatic N) is 5. The Kier molecular flexibility index (Phi) is 4.80. The van der Waals surface area contributed by atoms with Crippen molar-refractivity contribution in [1.29, 1.82) is 0 Å². The summed E-state index contributed by atoms with van der Waals surface area (Å²) in [6.45, 7) is 5.00. The Bertz CT molecular complexity index is 885. The minimum absolute atomic E-state index is 0.897. The van der Waals surface area contributed by atoms with Crippen molar-refractivity contribution in [2.75, 3.05) is 6.54 Å². The van der Waals surface area contributed by atoms with Crippen molar-refractivity contribution < 1.29 is 0 Å². The Morgan fingerprint density at radius 2 is 2.00 bits per heavy atom. The van der Waals surface area contributed by atoms with Gasteiger partial charge in [0.05, 0.1) is 5.69 Å². The van der Waals surface area contributed by atoms with E-state index in [1.807, 2.05) is 24.0 Å².